The zero-order chi connectivity index (χ0) is 15.5. The molecule has 1 aliphatic rings. The molecule has 1 fully saturated rings. The van der Waals surface area contributed by atoms with E-state index in [1.807, 2.05) is 29.2 Å². The summed E-state index contributed by atoms with van der Waals surface area (Å²) in [7, 11) is 0. The summed E-state index contributed by atoms with van der Waals surface area (Å²) in [4.78, 5) is 33.4. The van der Waals surface area contributed by atoms with Crippen LogP contribution in [0.25, 0.3) is 11.0 Å². The Morgan fingerprint density at radius 2 is 2.05 bits per heavy atom. The number of carbonyl (C=O) groups is 1. The first-order chi connectivity index (χ1) is 10.6. The number of hydrogen-bond donors (Lipinski definition) is 1. The summed E-state index contributed by atoms with van der Waals surface area (Å²) in [5, 5.41) is 0. The van der Waals surface area contributed by atoms with Crippen LogP contribution in [-0.2, 0) is 11.2 Å². The molecular formula is C17H21N3O2. The number of nitrogens with zero attached hydrogens (tertiary/aromatic N) is 2. The van der Waals surface area contributed by atoms with Crippen LogP contribution < -0.4 is 5.56 Å². The van der Waals surface area contributed by atoms with Crippen LogP contribution in [0.3, 0.4) is 0 Å². The highest BCUT2D eigenvalue weighted by Gasteiger charge is 2.20. The third-order valence-corrected chi connectivity index (χ3v) is 4.38. The molecule has 0 aliphatic carbocycles. The van der Waals surface area contributed by atoms with Crippen molar-refractivity contribution in [1.29, 1.82) is 0 Å². The van der Waals surface area contributed by atoms with Gasteiger partial charge in [-0.25, -0.2) is 4.98 Å². The van der Waals surface area contributed by atoms with Gasteiger partial charge in [0.25, 0.3) is 5.56 Å². The molecule has 5 heteroatoms. The Morgan fingerprint density at radius 3 is 2.82 bits per heavy atom. The molecule has 0 bridgehead atoms. The number of benzene rings is 1. The van der Waals surface area contributed by atoms with Crippen molar-refractivity contribution in [3.63, 3.8) is 0 Å². The molecule has 1 N–H and O–H groups in total. The smallest absolute Gasteiger partial charge is 0.270 e. The molecule has 2 aromatic rings. The van der Waals surface area contributed by atoms with Crippen LogP contribution in [-0.4, -0.2) is 33.9 Å². The van der Waals surface area contributed by atoms with Crippen molar-refractivity contribution in [3.05, 3.63) is 40.3 Å². The third-order valence-electron chi connectivity index (χ3n) is 4.38. The number of carbonyl (C=O) groups excluding carboxylic acids is 1. The average Bonchev–Trinajstić information content (AvgIpc) is 2.53. The number of aromatic amines is 1. The molecule has 1 amide bonds. The van der Waals surface area contributed by atoms with Crippen LogP contribution in [0.1, 0.15) is 31.9 Å². The summed E-state index contributed by atoms with van der Waals surface area (Å²) < 4.78 is 0. The first-order valence-corrected chi connectivity index (χ1v) is 7.89. The summed E-state index contributed by atoms with van der Waals surface area (Å²) >= 11 is 0. The lowest BCUT2D eigenvalue weighted by atomic mass is 9.99. The monoisotopic (exact) mass is 299 g/mol. The van der Waals surface area contributed by atoms with Gasteiger partial charge in [-0.1, -0.05) is 19.1 Å². The van der Waals surface area contributed by atoms with Crippen molar-refractivity contribution < 1.29 is 4.79 Å². The Labute approximate surface area is 129 Å². The van der Waals surface area contributed by atoms with Gasteiger partial charge in [-0.2, -0.15) is 0 Å². The van der Waals surface area contributed by atoms with Crippen LogP contribution in [0.2, 0.25) is 0 Å². The van der Waals surface area contributed by atoms with Crippen LogP contribution in [0.4, 0.5) is 0 Å². The Hall–Kier alpha value is -2.17. The Bertz CT molecular complexity index is 730. The standard InChI is InChI=1S/C17H21N3O2/c1-12-8-10-20(11-9-12)16(21)7-6-15-17(22)19-14-5-3-2-4-13(14)18-15/h2-5,12H,6-11H2,1H3,(H,19,22). The van der Waals surface area contributed by atoms with Crippen molar-refractivity contribution in [2.24, 2.45) is 5.92 Å². The normalized spacial score (nSPS) is 16.1. The van der Waals surface area contributed by atoms with Gasteiger partial charge in [0.2, 0.25) is 5.91 Å². The summed E-state index contributed by atoms with van der Waals surface area (Å²) in [5.41, 5.74) is 1.74. The van der Waals surface area contributed by atoms with E-state index in [9.17, 15) is 9.59 Å². The molecular weight excluding hydrogens is 278 g/mol. The summed E-state index contributed by atoms with van der Waals surface area (Å²) in [6, 6.07) is 7.44. The fourth-order valence-corrected chi connectivity index (χ4v) is 2.88. The number of hydrogen-bond acceptors (Lipinski definition) is 3. The number of amides is 1. The number of rotatable bonds is 3. The van der Waals surface area contributed by atoms with Gasteiger partial charge in [0.1, 0.15) is 5.69 Å². The Morgan fingerprint density at radius 1 is 1.32 bits per heavy atom. The summed E-state index contributed by atoms with van der Waals surface area (Å²) in [6.07, 6.45) is 2.88. The van der Waals surface area contributed by atoms with Crippen LogP contribution in [0.5, 0.6) is 0 Å². The maximum Gasteiger partial charge on any atom is 0.270 e. The lowest BCUT2D eigenvalue weighted by molar-refractivity contribution is -0.132. The Kier molecular flexibility index (Phi) is 4.22. The fourth-order valence-electron chi connectivity index (χ4n) is 2.88. The maximum absolute atomic E-state index is 12.2. The number of piperidine rings is 1. The second-order valence-electron chi connectivity index (χ2n) is 6.09. The van der Waals surface area contributed by atoms with E-state index >= 15 is 0 Å². The number of aryl methyl sites for hydroxylation is 1. The minimum absolute atomic E-state index is 0.126. The molecule has 22 heavy (non-hydrogen) atoms. The number of para-hydroxylation sites is 2. The van der Waals surface area contributed by atoms with E-state index < -0.39 is 0 Å². The molecule has 0 atom stereocenters. The van der Waals surface area contributed by atoms with E-state index in [-0.39, 0.29) is 11.5 Å². The number of fused-ring (bicyclic) bond motifs is 1. The number of nitrogens with one attached hydrogen (secondary N) is 1. The van der Waals surface area contributed by atoms with Gasteiger partial charge in [-0.3, -0.25) is 9.59 Å². The van der Waals surface area contributed by atoms with Gasteiger partial charge in [0.05, 0.1) is 11.0 Å². The van der Waals surface area contributed by atoms with E-state index in [2.05, 4.69) is 16.9 Å². The van der Waals surface area contributed by atoms with E-state index in [0.717, 1.165) is 37.0 Å². The number of likely N-dealkylation sites (tertiary alicyclic amines) is 1. The first-order valence-electron chi connectivity index (χ1n) is 7.89. The molecule has 0 spiro atoms. The lowest BCUT2D eigenvalue weighted by Gasteiger charge is -2.30. The fraction of sp³-hybridized carbons (Fsp3) is 0.471. The molecule has 1 aromatic carbocycles. The largest absolute Gasteiger partial charge is 0.343 e. The lowest BCUT2D eigenvalue weighted by Crippen LogP contribution is -2.38. The zero-order valence-electron chi connectivity index (χ0n) is 12.8. The highest BCUT2D eigenvalue weighted by molar-refractivity contribution is 5.77. The predicted molar refractivity (Wildman–Crippen MR) is 85.7 cm³/mol. The molecule has 1 aromatic heterocycles. The molecule has 3 rings (SSSR count). The van der Waals surface area contributed by atoms with Crippen molar-refractivity contribution in [2.75, 3.05) is 13.1 Å². The maximum atomic E-state index is 12.2. The van der Waals surface area contributed by atoms with Gasteiger partial charge >= 0.3 is 0 Å². The quantitative estimate of drug-likeness (QED) is 0.944. The minimum Gasteiger partial charge on any atom is -0.343 e. The molecule has 5 nitrogen and oxygen atoms in total. The Balaban J connectivity index is 1.67. The molecule has 0 saturated carbocycles. The number of aromatic nitrogens is 2. The van der Waals surface area contributed by atoms with Gasteiger partial charge in [-0.15, -0.1) is 0 Å². The second kappa shape index (κ2) is 6.30. The van der Waals surface area contributed by atoms with E-state index in [1.54, 1.807) is 0 Å². The second-order valence-corrected chi connectivity index (χ2v) is 6.09. The summed E-state index contributed by atoms with van der Waals surface area (Å²) in [5.74, 6) is 0.829. The molecule has 2 heterocycles. The van der Waals surface area contributed by atoms with E-state index in [0.29, 0.717) is 24.5 Å². The molecule has 0 radical (unpaired) electrons. The van der Waals surface area contributed by atoms with Gasteiger partial charge in [-0.05, 0) is 30.9 Å². The zero-order valence-corrected chi connectivity index (χ0v) is 12.8. The van der Waals surface area contributed by atoms with Gasteiger partial charge < -0.3 is 9.88 Å². The van der Waals surface area contributed by atoms with Crippen LogP contribution in [0.15, 0.2) is 29.1 Å². The van der Waals surface area contributed by atoms with Gasteiger partial charge in [0, 0.05) is 25.9 Å². The third kappa shape index (κ3) is 3.18. The minimum atomic E-state index is -0.196. The molecule has 1 saturated heterocycles. The summed E-state index contributed by atoms with van der Waals surface area (Å²) in [6.45, 7) is 3.89. The predicted octanol–water partition coefficient (Wildman–Crippen LogP) is 2.11. The SMILES string of the molecule is CC1CCN(C(=O)CCc2nc3ccccc3[nH]c2=O)CC1. The first kappa shape index (κ1) is 14.8. The van der Waals surface area contributed by atoms with Crippen LogP contribution in [0, 0.1) is 5.92 Å². The average molecular weight is 299 g/mol. The highest BCUT2D eigenvalue weighted by atomic mass is 16.2. The van der Waals surface area contributed by atoms with E-state index in [4.69, 9.17) is 0 Å². The van der Waals surface area contributed by atoms with Crippen molar-refractivity contribution in [1.82, 2.24) is 14.9 Å². The van der Waals surface area contributed by atoms with Crippen molar-refractivity contribution in [2.45, 2.75) is 32.6 Å². The van der Waals surface area contributed by atoms with Crippen LogP contribution >= 0.6 is 0 Å². The van der Waals surface area contributed by atoms with Gasteiger partial charge in [0.15, 0.2) is 0 Å². The molecule has 0 unspecified atom stereocenters. The van der Waals surface area contributed by atoms with Crippen molar-refractivity contribution >= 4 is 16.9 Å². The van der Waals surface area contributed by atoms with E-state index in [1.165, 1.54) is 0 Å². The molecule has 1 aliphatic heterocycles. The number of H-pyrrole nitrogens is 1. The topological polar surface area (TPSA) is 66.1 Å². The molecule has 116 valence electrons. The highest BCUT2D eigenvalue weighted by Crippen LogP contribution is 2.17. The van der Waals surface area contributed by atoms with Crippen molar-refractivity contribution in [3.8, 4) is 0 Å².